The number of amides is 2. The zero-order valence-electron chi connectivity index (χ0n) is 17.2. The second kappa shape index (κ2) is 9.78. The molecule has 2 amide bonds. The van der Waals surface area contributed by atoms with Gasteiger partial charge in [0.15, 0.2) is 0 Å². The van der Waals surface area contributed by atoms with Gasteiger partial charge in [-0.1, -0.05) is 61.2 Å². The Morgan fingerprint density at radius 2 is 1.84 bits per heavy atom. The third-order valence-electron chi connectivity index (χ3n) is 4.98. The first kappa shape index (κ1) is 21.1. The molecule has 0 aliphatic heterocycles. The molecular formula is C23H24N4O3S. The highest BCUT2D eigenvalue weighted by Gasteiger charge is 2.25. The summed E-state index contributed by atoms with van der Waals surface area (Å²) in [7, 11) is 0. The maximum absolute atomic E-state index is 12.4. The maximum Gasteiger partial charge on any atom is 0.277 e. The van der Waals surface area contributed by atoms with E-state index in [-0.39, 0.29) is 29.5 Å². The van der Waals surface area contributed by atoms with Crippen molar-refractivity contribution in [1.29, 1.82) is 0 Å². The van der Waals surface area contributed by atoms with Crippen molar-refractivity contribution >= 4 is 29.3 Å². The molecule has 1 aliphatic carbocycles. The minimum atomic E-state index is -0.242. The van der Waals surface area contributed by atoms with Crippen LogP contribution in [0.25, 0.3) is 0 Å². The molecule has 1 aromatic heterocycles. The van der Waals surface area contributed by atoms with Crippen LogP contribution in [0.5, 0.6) is 0 Å². The average Bonchev–Trinajstić information content (AvgIpc) is 3.49. The van der Waals surface area contributed by atoms with Gasteiger partial charge in [-0.15, -0.1) is 10.2 Å². The molecule has 2 aromatic carbocycles. The minimum absolute atomic E-state index is 0.106. The van der Waals surface area contributed by atoms with Gasteiger partial charge >= 0.3 is 0 Å². The number of aromatic nitrogens is 2. The van der Waals surface area contributed by atoms with Crippen LogP contribution in [-0.2, 0) is 11.2 Å². The second-order valence-electron chi connectivity index (χ2n) is 7.61. The summed E-state index contributed by atoms with van der Waals surface area (Å²) >= 11 is 1.17. The number of nitrogens with zero attached hydrogens (tertiary/aromatic N) is 2. The SMILES string of the molecule is CC(Cc1nnc(SCC(=O)Nc2ccccc2C(=O)NC2CC2)o1)c1ccccc1. The molecule has 8 heteroatoms. The highest BCUT2D eigenvalue weighted by atomic mass is 32.2. The fraction of sp³-hybridized carbons (Fsp3) is 0.304. The van der Waals surface area contributed by atoms with Crippen LogP contribution in [0.1, 0.15) is 47.5 Å². The fourth-order valence-corrected chi connectivity index (χ4v) is 3.72. The summed E-state index contributed by atoms with van der Waals surface area (Å²) in [6.45, 7) is 2.11. The van der Waals surface area contributed by atoms with Crippen molar-refractivity contribution < 1.29 is 14.0 Å². The first-order valence-corrected chi connectivity index (χ1v) is 11.3. The first-order valence-electron chi connectivity index (χ1n) is 10.3. The van der Waals surface area contributed by atoms with E-state index in [9.17, 15) is 9.59 Å². The molecular weight excluding hydrogens is 412 g/mol. The minimum Gasteiger partial charge on any atom is -0.416 e. The Balaban J connectivity index is 1.29. The molecule has 1 unspecified atom stereocenters. The van der Waals surface area contributed by atoms with Crippen LogP contribution in [0.2, 0.25) is 0 Å². The third kappa shape index (κ3) is 5.95. The number of carbonyl (C=O) groups excluding carboxylic acids is 2. The van der Waals surface area contributed by atoms with E-state index in [1.165, 1.54) is 17.3 Å². The van der Waals surface area contributed by atoms with E-state index in [4.69, 9.17) is 4.42 Å². The molecule has 0 saturated heterocycles. The number of para-hydroxylation sites is 1. The highest BCUT2D eigenvalue weighted by Crippen LogP contribution is 2.24. The number of hydrogen-bond acceptors (Lipinski definition) is 6. The van der Waals surface area contributed by atoms with Crippen LogP contribution in [0.15, 0.2) is 64.2 Å². The van der Waals surface area contributed by atoms with E-state index >= 15 is 0 Å². The van der Waals surface area contributed by atoms with E-state index in [0.29, 0.717) is 28.8 Å². The van der Waals surface area contributed by atoms with Gasteiger partial charge in [-0.25, -0.2) is 0 Å². The predicted molar refractivity (Wildman–Crippen MR) is 119 cm³/mol. The Kier molecular flexibility index (Phi) is 6.66. The summed E-state index contributed by atoms with van der Waals surface area (Å²) in [5.41, 5.74) is 2.16. The van der Waals surface area contributed by atoms with Crippen molar-refractivity contribution in [2.75, 3.05) is 11.1 Å². The molecule has 0 radical (unpaired) electrons. The smallest absolute Gasteiger partial charge is 0.277 e. The molecule has 1 atom stereocenters. The normalized spacial score (nSPS) is 14.1. The van der Waals surface area contributed by atoms with Crippen molar-refractivity contribution in [3.8, 4) is 0 Å². The maximum atomic E-state index is 12.4. The molecule has 1 saturated carbocycles. The average molecular weight is 437 g/mol. The molecule has 2 N–H and O–H groups in total. The Morgan fingerprint density at radius 3 is 2.61 bits per heavy atom. The second-order valence-corrected chi connectivity index (χ2v) is 8.53. The summed E-state index contributed by atoms with van der Waals surface area (Å²) in [6, 6.07) is 17.4. The Bertz CT molecular complexity index is 1050. The van der Waals surface area contributed by atoms with Gasteiger partial charge in [-0.05, 0) is 36.5 Å². The summed E-state index contributed by atoms with van der Waals surface area (Å²) in [6.07, 6.45) is 2.65. The van der Waals surface area contributed by atoms with Gasteiger partial charge in [0.2, 0.25) is 11.8 Å². The standard InChI is InChI=1S/C23H24N4O3S/c1-15(16-7-3-2-4-8-16)13-21-26-27-23(30-21)31-14-20(28)25-19-10-6-5-9-18(19)22(29)24-17-11-12-17/h2-10,15,17H,11-14H2,1H3,(H,24,29)(H,25,28). The summed E-state index contributed by atoms with van der Waals surface area (Å²) in [5, 5.41) is 14.2. The van der Waals surface area contributed by atoms with Crippen molar-refractivity contribution in [2.24, 2.45) is 0 Å². The van der Waals surface area contributed by atoms with Crippen molar-refractivity contribution in [2.45, 2.75) is 43.4 Å². The van der Waals surface area contributed by atoms with Gasteiger partial charge in [-0.3, -0.25) is 9.59 Å². The Labute approximate surface area is 185 Å². The molecule has 1 heterocycles. The first-order chi connectivity index (χ1) is 15.1. The number of hydrogen-bond donors (Lipinski definition) is 2. The van der Waals surface area contributed by atoms with E-state index in [2.05, 4.69) is 39.9 Å². The molecule has 31 heavy (non-hydrogen) atoms. The van der Waals surface area contributed by atoms with E-state index in [0.717, 1.165) is 12.8 Å². The summed E-state index contributed by atoms with van der Waals surface area (Å²) in [4.78, 5) is 24.8. The lowest BCUT2D eigenvalue weighted by molar-refractivity contribution is -0.113. The molecule has 7 nitrogen and oxygen atoms in total. The lowest BCUT2D eigenvalue weighted by atomic mass is 9.98. The van der Waals surface area contributed by atoms with Gasteiger partial charge in [0.1, 0.15) is 0 Å². The lowest BCUT2D eigenvalue weighted by Gasteiger charge is -2.10. The number of carbonyl (C=O) groups is 2. The molecule has 0 spiro atoms. The van der Waals surface area contributed by atoms with E-state index < -0.39 is 0 Å². The summed E-state index contributed by atoms with van der Waals surface area (Å²) < 4.78 is 5.69. The van der Waals surface area contributed by atoms with Gasteiger partial charge in [0.05, 0.1) is 17.0 Å². The number of rotatable bonds is 9. The zero-order valence-corrected chi connectivity index (χ0v) is 18.0. The predicted octanol–water partition coefficient (Wildman–Crippen LogP) is 4.04. The van der Waals surface area contributed by atoms with E-state index in [1.807, 2.05) is 18.2 Å². The van der Waals surface area contributed by atoms with Crippen molar-refractivity contribution in [1.82, 2.24) is 15.5 Å². The number of anilines is 1. The Hall–Kier alpha value is -3.13. The van der Waals surface area contributed by atoms with Crippen LogP contribution >= 0.6 is 11.8 Å². The topological polar surface area (TPSA) is 97.1 Å². The molecule has 4 rings (SSSR count). The zero-order chi connectivity index (χ0) is 21.6. The van der Waals surface area contributed by atoms with Crippen LogP contribution in [0.3, 0.4) is 0 Å². The molecule has 1 aliphatic rings. The highest BCUT2D eigenvalue weighted by molar-refractivity contribution is 7.99. The molecule has 1 fully saturated rings. The van der Waals surface area contributed by atoms with Gasteiger partial charge in [-0.2, -0.15) is 0 Å². The van der Waals surface area contributed by atoms with Crippen LogP contribution < -0.4 is 10.6 Å². The van der Waals surface area contributed by atoms with Gasteiger partial charge < -0.3 is 15.1 Å². The fourth-order valence-electron chi connectivity index (χ4n) is 3.13. The Morgan fingerprint density at radius 1 is 1.10 bits per heavy atom. The summed E-state index contributed by atoms with van der Waals surface area (Å²) in [5.74, 6) is 0.491. The largest absolute Gasteiger partial charge is 0.416 e. The van der Waals surface area contributed by atoms with Gasteiger partial charge in [0.25, 0.3) is 11.1 Å². The van der Waals surface area contributed by atoms with Crippen LogP contribution in [0.4, 0.5) is 5.69 Å². The number of thioether (sulfide) groups is 1. The lowest BCUT2D eigenvalue weighted by Crippen LogP contribution is -2.27. The quantitative estimate of drug-likeness (QED) is 0.492. The third-order valence-corrected chi connectivity index (χ3v) is 5.80. The van der Waals surface area contributed by atoms with E-state index in [1.54, 1.807) is 24.3 Å². The van der Waals surface area contributed by atoms with Crippen LogP contribution in [-0.4, -0.2) is 33.8 Å². The van der Waals surface area contributed by atoms with Crippen molar-refractivity contribution in [3.05, 3.63) is 71.6 Å². The van der Waals surface area contributed by atoms with Crippen LogP contribution in [0, 0.1) is 0 Å². The molecule has 0 bridgehead atoms. The molecule has 3 aromatic rings. The van der Waals surface area contributed by atoms with Crippen molar-refractivity contribution in [3.63, 3.8) is 0 Å². The molecule has 160 valence electrons. The van der Waals surface area contributed by atoms with Gasteiger partial charge in [0, 0.05) is 12.5 Å². The monoisotopic (exact) mass is 436 g/mol. The number of nitrogens with one attached hydrogen (secondary N) is 2. The number of benzene rings is 2.